The summed E-state index contributed by atoms with van der Waals surface area (Å²) in [7, 11) is 0. The second-order valence-corrected chi connectivity index (χ2v) is 11.1. The molecule has 2 atom stereocenters. The quantitative estimate of drug-likeness (QED) is 0.542. The van der Waals surface area contributed by atoms with Crippen LogP contribution in [0.1, 0.15) is 50.5 Å². The SMILES string of the molecule is NC1(Cc2cccc(OCC3CCC4CN(c5noc6ccccc56)CCN4C3)c2)CCCCC1. The Morgan fingerprint density at radius 2 is 1.89 bits per heavy atom. The van der Waals surface area contributed by atoms with E-state index in [0.717, 1.165) is 74.6 Å². The van der Waals surface area contributed by atoms with E-state index in [9.17, 15) is 0 Å². The van der Waals surface area contributed by atoms with Gasteiger partial charge in [-0.1, -0.05) is 48.7 Å². The Labute approximate surface area is 208 Å². The maximum absolute atomic E-state index is 6.70. The molecule has 0 spiro atoms. The van der Waals surface area contributed by atoms with Crippen LogP contribution in [0.25, 0.3) is 11.0 Å². The summed E-state index contributed by atoms with van der Waals surface area (Å²) in [4.78, 5) is 5.07. The molecule has 1 saturated carbocycles. The van der Waals surface area contributed by atoms with E-state index >= 15 is 0 Å². The van der Waals surface area contributed by atoms with Gasteiger partial charge in [0.25, 0.3) is 0 Å². The minimum atomic E-state index is -0.0321. The van der Waals surface area contributed by atoms with Crippen molar-refractivity contribution in [1.82, 2.24) is 10.1 Å². The van der Waals surface area contributed by atoms with Crippen molar-refractivity contribution in [3.8, 4) is 5.75 Å². The van der Waals surface area contributed by atoms with Crippen LogP contribution in [0.15, 0.2) is 53.1 Å². The van der Waals surface area contributed by atoms with Crippen LogP contribution in [-0.4, -0.2) is 54.4 Å². The lowest BCUT2D eigenvalue weighted by atomic mass is 9.78. The molecule has 0 radical (unpaired) electrons. The van der Waals surface area contributed by atoms with Gasteiger partial charge in [-0.2, -0.15) is 0 Å². The summed E-state index contributed by atoms with van der Waals surface area (Å²) in [5.74, 6) is 2.57. The molecule has 186 valence electrons. The average Bonchev–Trinajstić information content (AvgIpc) is 3.32. The van der Waals surface area contributed by atoms with Crippen LogP contribution >= 0.6 is 0 Å². The van der Waals surface area contributed by atoms with E-state index in [1.165, 1.54) is 37.7 Å². The second-order valence-electron chi connectivity index (χ2n) is 11.1. The number of piperidine rings is 1. The Kier molecular flexibility index (Phi) is 6.42. The number of nitrogens with zero attached hydrogens (tertiary/aromatic N) is 3. The Morgan fingerprint density at radius 3 is 2.80 bits per heavy atom. The lowest BCUT2D eigenvalue weighted by molar-refractivity contribution is 0.0726. The third-order valence-corrected chi connectivity index (χ3v) is 8.45. The van der Waals surface area contributed by atoms with Gasteiger partial charge < -0.3 is 19.9 Å². The summed E-state index contributed by atoms with van der Waals surface area (Å²) in [6.07, 6.45) is 9.51. The first-order chi connectivity index (χ1) is 17.2. The van der Waals surface area contributed by atoms with Gasteiger partial charge in [0.15, 0.2) is 11.4 Å². The zero-order chi connectivity index (χ0) is 23.7. The Morgan fingerprint density at radius 1 is 1.00 bits per heavy atom. The predicted molar refractivity (Wildman–Crippen MR) is 140 cm³/mol. The highest BCUT2D eigenvalue weighted by atomic mass is 16.5. The van der Waals surface area contributed by atoms with Crippen molar-refractivity contribution in [2.75, 3.05) is 37.7 Å². The number of benzene rings is 2. The van der Waals surface area contributed by atoms with E-state index in [4.69, 9.17) is 15.0 Å². The first-order valence-electron chi connectivity index (χ1n) is 13.5. The molecule has 2 saturated heterocycles. The molecule has 3 aliphatic rings. The van der Waals surface area contributed by atoms with E-state index in [2.05, 4.69) is 51.4 Å². The fourth-order valence-corrected chi connectivity index (χ4v) is 6.49. The van der Waals surface area contributed by atoms with Gasteiger partial charge in [-0.05, 0) is 61.9 Å². The molecule has 1 aliphatic carbocycles. The van der Waals surface area contributed by atoms with Crippen molar-refractivity contribution < 1.29 is 9.26 Å². The molecule has 6 rings (SSSR count). The number of piperazine rings is 1. The zero-order valence-corrected chi connectivity index (χ0v) is 20.7. The van der Waals surface area contributed by atoms with Gasteiger partial charge in [-0.15, -0.1) is 0 Å². The number of hydrogen-bond donors (Lipinski definition) is 1. The van der Waals surface area contributed by atoms with Crippen LogP contribution in [0.3, 0.4) is 0 Å². The Bertz CT molecular complexity index is 1140. The third-order valence-electron chi connectivity index (χ3n) is 8.45. The van der Waals surface area contributed by atoms with E-state index in [-0.39, 0.29) is 5.54 Å². The van der Waals surface area contributed by atoms with Crippen LogP contribution < -0.4 is 15.4 Å². The molecule has 2 aromatic carbocycles. The lowest BCUT2D eigenvalue weighted by Crippen LogP contribution is -2.57. The number of anilines is 1. The van der Waals surface area contributed by atoms with Gasteiger partial charge in [-0.25, -0.2) is 0 Å². The topological polar surface area (TPSA) is 67.8 Å². The van der Waals surface area contributed by atoms with Crippen molar-refractivity contribution >= 4 is 16.8 Å². The molecule has 6 nitrogen and oxygen atoms in total. The van der Waals surface area contributed by atoms with Gasteiger partial charge in [0.2, 0.25) is 0 Å². The predicted octanol–water partition coefficient (Wildman–Crippen LogP) is 5.01. The fraction of sp³-hybridized carbons (Fsp3) is 0.552. The largest absolute Gasteiger partial charge is 0.493 e. The zero-order valence-electron chi connectivity index (χ0n) is 20.7. The Hall–Kier alpha value is -2.57. The van der Waals surface area contributed by atoms with Crippen molar-refractivity contribution in [1.29, 1.82) is 0 Å². The molecule has 0 bridgehead atoms. The fourth-order valence-electron chi connectivity index (χ4n) is 6.49. The van der Waals surface area contributed by atoms with E-state index in [0.29, 0.717) is 12.0 Å². The summed E-state index contributed by atoms with van der Waals surface area (Å²) >= 11 is 0. The molecule has 0 amide bonds. The number of hydrogen-bond acceptors (Lipinski definition) is 6. The molecule has 2 N–H and O–H groups in total. The average molecular weight is 475 g/mol. The number of ether oxygens (including phenoxy) is 1. The summed E-state index contributed by atoms with van der Waals surface area (Å²) in [5, 5.41) is 5.51. The summed E-state index contributed by atoms with van der Waals surface area (Å²) in [6, 6.07) is 17.4. The van der Waals surface area contributed by atoms with Gasteiger partial charge in [0.05, 0.1) is 12.0 Å². The van der Waals surface area contributed by atoms with Crippen molar-refractivity contribution in [2.45, 2.75) is 62.9 Å². The highest BCUT2D eigenvalue weighted by molar-refractivity contribution is 5.88. The summed E-state index contributed by atoms with van der Waals surface area (Å²) in [6.45, 7) is 4.98. The summed E-state index contributed by atoms with van der Waals surface area (Å²) in [5.41, 5.74) is 8.85. The first kappa shape index (κ1) is 22.9. The minimum Gasteiger partial charge on any atom is -0.493 e. The maximum atomic E-state index is 6.70. The van der Waals surface area contributed by atoms with Crippen molar-refractivity contribution in [3.05, 3.63) is 54.1 Å². The standard InChI is InChI=1S/C29H38N4O2/c30-29(13-4-1-5-14-29)18-22-7-6-8-25(17-22)34-21-23-11-12-24-20-33(16-15-32(24)19-23)28-26-9-2-3-10-27(26)35-31-28/h2-3,6-10,17,23-24H,1,4-5,11-16,18-21,30H2. The number of nitrogens with two attached hydrogens (primary N) is 1. The monoisotopic (exact) mass is 474 g/mol. The van der Waals surface area contributed by atoms with Gasteiger partial charge in [0, 0.05) is 43.7 Å². The van der Waals surface area contributed by atoms with E-state index < -0.39 is 0 Å². The molecule has 2 unspecified atom stereocenters. The highest BCUT2D eigenvalue weighted by Crippen LogP contribution is 2.32. The minimum absolute atomic E-state index is 0.0321. The van der Waals surface area contributed by atoms with E-state index in [1.54, 1.807) is 0 Å². The molecular weight excluding hydrogens is 436 g/mol. The normalized spacial score (nSPS) is 24.9. The lowest BCUT2D eigenvalue weighted by Gasteiger charge is -2.46. The van der Waals surface area contributed by atoms with Crippen LogP contribution in [0.2, 0.25) is 0 Å². The number of fused-ring (bicyclic) bond motifs is 2. The second kappa shape index (κ2) is 9.82. The molecular formula is C29H38N4O2. The number of para-hydroxylation sites is 1. The third kappa shape index (κ3) is 5.05. The number of rotatable bonds is 6. The molecule has 6 heteroatoms. The van der Waals surface area contributed by atoms with Gasteiger partial charge in [0.1, 0.15) is 5.75 Å². The molecule has 35 heavy (non-hydrogen) atoms. The molecule has 3 heterocycles. The van der Waals surface area contributed by atoms with Crippen molar-refractivity contribution in [2.24, 2.45) is 11.7 Å². The van der Waals surface area contributed by atoms with Gasteiger partial charge >= 0.3 is 0 Å². The Balaban J connectivity index is 1.02. The van der Waals surface area contributed by atoms with Crippen LogP contribution in [0.4, 0.5) is 5.82 Å². The van der Waals surface area contributed by atoms with Crippen LogP contribution in [-0.2, 0) is 6.42 Å². The molecule has 2 aliphatic heterocycles. The van der Waals surface area contributed by atoms with Gasteiger partial charge in [-0.3, -0.25) is 4.90 Å². The molecule has 1 aromatic heterocycles. The highest BCUT2D eigenvalue weighted by Gasteiger charge is 2.34. The van der Waals surface area contributed by atoms with Crippen molar-refractivity contribution in [3.63, 3.8) is 0 Å². The van der Waals surface area contributed by atoms with E-state index in [1.807, 2.05) is 12.1 Å². The smallest absolute Gasteiger partial charge is 0.180 e. The molecule has 3 fully saturated rings. The first-order valence-corrected chi connectivity index (χ1v) is 13.5. The van der Waals surface area contributed by atoms with Crippen LogP contribution in [0.5, 0.6) is 5.75 Å². The summed E-state index contributed by atoms with van der Waals surface area (Å²) < 4.78 is 11.9. The maximum Gasteiger partial charge on any atom is 0.180 e. The number of aromatic nitrogens is 1. The molecule has 3 aromatic rings. The van der Waals surface area contributed by atoms with Crippen LogP contribution in [0, 0.1) is 5.92 Å².